The summed E-state index contributed by atoms with van der Waals surface area (Å²) >= 11 is 0. The SMILES string of the molecule is CC(C)CCC(=O)Nc1cccc(C#CCCO)c1. The molecule has 0 heterocycles. The van der Waals surface area contributed by atoms with Crippen molar-refractivity contribution >= 4 is 11.6 Å². The minimum absolute atomic E-state index is 0.0363. The van der Waals surface area contributed by atoms with Crippen LogP contribution < -0.4 is 5.32 Å². The summed E-state index contributed by atoms with van der Waals surface area (Å²) in [5, 5.41) is 11.5. The minimum atomic E-state index is 0.0363. The summed E-state index contributed by atoms with van der Waals surface area (Å²) in [7, 11) is 0. The van der Waals surface area contributed by atoms with E-state index < -0.39 is 0 Å². The van der Waals surface area contributed by atoms with Crippen molar-refractivity contribution < 1.29 is 9.90 Å². The van der Waals surface area contributed by atoms with Gasteiger partial charge in [0.05, 0.1) is 6.61 Å². The monoisotopic (exact) mass is 259 g/mol. The van der Waals surface area contributed by atoms with Gasteiger partial charge >= 0.3 is 0 Å². The molecule has 0 aliphatic rings. The third-order valence-electron chi connectivity index (χ3n) is 2.56. The number of aliphatic hydroxyl groups is 1. The molecule has 0 aliphatic heterocycles. The van der Waals surface area contributed by atoms with Crippen LogP contribution in [0, 0.1) is 17.8 Å². The quantitative estimate of drug-likeness (QED) is 0.799. The van der Waals surface area contributed by atoms with Crippen molar-refractivity contribution in [2.45, 2.75) is 33.1 Å². The number of rotatable bonds is 5. The topological polar surface area (TPSA) is 49.3 Å². The Morgan fingerprint density at radius 3 is 2.89 bits per heavy atom. The van der Waals surface area contributed by atoms with Crippen LogP contribution in [0.5, 0.6) is 0 Å². The van der Waals surface area contributed by atoms with Gasteiger partial charge in [0.2, 0.25) is 5.91 Å². The molecule has 0 unspecified atom stereocenters. The van der Waals surface area contributed by atoms with E-state index in [1.54, 1.807) is 0 Å². The zero-order valence-electron chi connectivity index (χ0n) is 11.6. The summed E-state index contributed by atoms with van der Waals surface area (Å²) in [4.78, 5) is 11.7. The second kappa shape index (κ2) is 8.34. The third kappa shape index (κ3) is 6.64. The number of hydrogen-bond acceptors (Lipinski definition) is 2. The molecule has 0 aromatic heterocycles. The molecule has 0 fully saturated rings. The first kappa shape index (κ1) is 15.3. The molecule has 1 aromatic carbocycles. The number of nitrogens with one attached hydrogen (secondary N) is 1. The van der Waals surface area contributed by atoms with E-state index in [0.29, 0.717) is 18.8 Å². The smallest absolute Gasteiger partial charge is 0.224 e. The van der Waals surface area contributed by atoms with Crippen LogP contribution in [-0.4, -0.2) is 17.6 Å². The van der Waals surface area contributed by atoms with E-state index >= 15 is 0 Å². The average Bonchev–Trinajstić information content (AvgIpc) is 2.37. The maximum absolute atomic E-state index is 11.7. The second-order valence-electron chi connectivity index (χ2n) is 4.84. The Balaban J connectivity index is 2.57. The van der Waals surface area contributed by atoms with Gasteiger partial charge in [0.15, 0.2) is 0 Å². The molecule has 1 aromatic rings. The Morgan fingerprint density at radius 1 is 1.42 bits per heavy atom. The fraction of sp³-hybridized carbons (Fsp3) is 0.438. The Bertz CT molecular complexity index is 469. The number of amides is 1. The van der Waals surface area contributed by atoms with E-state index in [9.17, 15) is 4.79 Å². The van der Waals surface area contributed by atoms with Gasteiger partial charge in [-0.05, 0) is 30.5 Å². The number of carbonyl (C=O) groups is 1. The molecule has 0 aliphatic carbocycles. The molecule has 0 radical (unpaired) electrons. The molecule has 3 nitrogen and oxygen atoms in total. The molecule has 0 bridgehead atoms. The molecule has 2 N–H and O–H groups in total. The maximum atomic E-state index is 11.7. The van der Waals surface area contributed by atoms with E-state index in [0.717, 1.165) is 17.7 Å². The lowest BCUT2D eigenvalue weighted by Crippen LogP contribution is -2.12. The van der Waals surface area contributed by atoms with Crippen LogP contribution in [0.4, 0.5) is 5.69 Å². The zero-order chi connectivity index (χ0) is 14.1. The van der Waals surface area contributed by atoms with Crippen LogP contribution in [0.15, 0.2) is 24.3 Å². The number of carbonyl (C=O) groups excluding carboxylic acids is 1. The average molecular weight is 259 g/mol. The molecule has 3 heteroatoms. The zero-order valence-corrected chi connectivity index (χ0v) is 11.6. The molecule has 102 valence electrons. The lowest BCUT2D eigenvalue weighted by atomic mass is 10.1. The van der Waals surface area contributed by atoms with Gasteiger partial charge in [-0.15, -0.1) is 0 Å². The minimum Gasteiger partial charge on any atom is -0.395 e. The van der Waals surface area contributed by atoms with Gasteiger partial charge in [-0.3, -0.25) is 4.79 Å². The van der Waals surface area contributed by atoms with E-state index in [1.807, 2.05) is 24.3 Å². The van der Waals surface area contributed by atoms with E-state index in [-0.39, 0.29) is 12.5 Å². The van der Waals surface area contributed by atoms with E-state index in [1.165, 1.54) is 0 Å². The highest BCUT2D eigenvalue weighted by Gasteiger charge is 2.04. The highest BCUT2D eigenvalue weighted by atomic mass is 16.2. The predicted octanol–water partition coefficient (Wildman–Crippen LogP) is 2.80. The van der Waals surface area contributed by atoms with Crippen molar-refractivity contribution in [1.29, 1.82) is 0 Å². The second-order valence-corrected chi connectivity index (χ2v) is 4.84. The van der Waals surface area contributed by atoms with Gasteiger partial charge in [-0.25, -0.2) is 0 Å². The summed E-state index contributed by atoms with van der Waals surface area (Å²) in [6, 6.07) is 7.44. The highest BCUT2D eigenvalue weighted by Crippen LogP contribution is 2.11. The summed E-state index contributed by atoms with van der Waals surface area (Å²) < 4.78 is 0. The van der Waals surface area contributed by atoms with Crippen molar-refractivity contribution in [3.63, 3.8) is 0 Å². The first-order chi connectivity index (χ1) is 9.11. The lowest BCUT2D eigenvalue weighted by Gasteiger charge is -2.07. The molecule has 19 heavy (non-hydrogen) atoms. The number of hydrogen-bond donors (Lipinski definition) is 2. The van der Waals surface area contributed by atoms with Crippen LogP contribution in [0.3, 0.4) is 0 Å². The van der Waals surface area contributed by atoms with Crippen molar-refractivity contribution in [3.05, 3.63) is 29.8 Å². The fourth-order valence-corrected chi connectivity index (χ4v) is 1.54. The van der Waals surface area contributed by atoms with Crippen molar-refractivity contribution in [2.75, 3.05) is 11.9 Å². The standard InChI is InChI=1S/C16H21NO2/c1-13(2)9-10-16(19)17-15-8-5-7-14(12-15)6-3-4-11-18/h5,7-8,12-13,18H,4,9-11H2,1-2H3,(H,17,19). The summed E-state index contributed by atoms with van der Waals surface area (Å²) in [6.07, 6.45) is 1.89. The van der Waals surface area contributed by atoms with Gasteiger partial charge < -0.3 is 10.4 Å². The normalized spacial score (nSPS) is 9.89. The molecule has 1 amide bonds. The van der Waals surface area contributed by atoms with E-state index in [2.05, 4.69) is 31.0 Å². The molecule has 0 atom stereocenters. The Hall–Kier alpha value is -1.79. The van der Waals surface area contributed by atoms with Gasteiger partial charge in [0.1, 0.15) is 0 Å². The van der Waals surface area contributed by atoms with Crippen LogP contribution in [-0.2, 0) is 4.79 Å². The molecule has 1 rings (SSSR count). The first-order valence-corrected chi connectivity index (χ1v) is 6.61. The van der Waals surface area contributed by atoms with Crippen molar-refractivity contribution in [1.82, 2.24) is 0 Å². The molecule has 0 spiro atoms. The predicted molar refractivity (Wildman–Crippen MR) is 77.7 cm³/mol. The first-order valence-electron chi connectivity index (χ1n) is 6.61. The van der Waals surface area contributed by atoms with Crippen molar-refractivity contribution in [2.24, 2.45) is 5.92 Å². The number of benzene rings is 1. The van der Waals surface area contributed by atoms with Gasteiger partial charge in [0.25, 0.3) is 0 Å². The Labute approximate surface area is 115 Å². The summed E-state index contributed by atoms with van der Waals surface area (Å²) in [6.45, 7) is 4.27. The molecule has 0 saturated carbocycles. The van der Waals surface area contributed by atoms with Gasteiger partial charge in [-0.1, -0.05) is 31.8 Å². The number of aliphatic hydroxyl groups excluding tert-OH is 1. The highest BCUT2D eigenvalue weighted by molar-refractivity contribution is 5.90. The van der Waals surface area contributed by atoms with Crippen LogP contribution in [0.1, 0.15) is 38.7 Å². The summed E-state index contributed by atoms with van der Waals surface area (Å²) in [5.74, 6) is 6.37. The van der Waals surface area contributed by atoms with Crippen LogP contribution >= 0.6 is 0 Å². The Morgan fingerprint density at radius 2 is 2.21 bits per heavy atom. The third-order valence-corrected chi connectivity index (χ3v) is 2.56. The van der Waals surface area contributed by atoms with E-state index in [4.69, 9.17) is 5.11 Å². The molecule has 0 saturated heterocycles. The summed E-state index contributed by atoms with van der Waals surface area (Å²) in [5.41, 5.74) is 1.61. The maximum Gasteiger partial charge on any atom is 0.224 e. The molecular weight excluding hydrogens is 238 g/mol. The Kier molecular flexibility index (Phi) is 6.70. The van der Waals surface area contributed by atoms with Gasteiger partial charge in [0, 0.05) is 24.1 Å². The van der Waals surface area contributed by atoms with Gasteiger partial charge in [-0.2, -0.15) is 0 Å². The van der Waals surface area contributed by atoms with Crippen LogP contribution in [0.2, 0.25) is 0 Å². The largest absolute Gasteiger partial charge is 0.395 e. The molecular formula is C16H21NO2. The van der Waals surface area contributed by atoms with Crippen LogP contribution in [0.25, 0.3) is 0 Å². The number of anilines is 1. The fourth-order valence-electron chi connectivity index (χ4n) is 1.54. The van der Waals surface area contributed by atoms with Crippen molar-refractivity contribution in [3.8, 4) is 11.8 Å². The lowest BCUT2D eigenvalue weighted by molar-refractivity contribution is -0.116.